The van der Waals surface area contributed by atoms with Gasteiger partial charge in [-0.2, -0.15) is 4.31 Å². The van der Waals surface area contributed by atoms with Crippen LogP contribution < -0.4 is 10.5 Å². The van der Waals surface area contributed by atoms with Gasteiger partial charge in [-0.3, -0.25) is 0 Å². The van der Waals surface area contributed by atoms with Crippen molar-refractivity contribution < 1.29 is 18.3 Å². The summed E-state index contributed by atoms with van der Waals surface area (Å²) in [5.41, 5.74) is 7.11. The zero-order chi connectivity index (χ0) is 14.3. The molecule has 2 aliphatic heterocycles. The third kappa shape index (κ3) is 2.15. The van der Waals surface area contributed by atoms with Crippen LogP contribution >= 0.6 is 0 Å². The first-order valence-electron chi connectivity index (χ1n) is 6.68. The molecule has 0 unspecified atom stereocenters. The van der Waals surface area contributed by atoms with Crippen molar-refractivity contribution >= 4 is 15.7 Å². The number of sulfonamides is 1. The molecule has 110 valence electrons. The largest absolute Gasteiger partial charge is 0.492 e. The average Bonchev–Trinajstić information content (AvgIpc) is 2.36. The Hall–Kier alpha value is -1.31. The van der Waals surface area contributed by atoms with Gasteiger partial charge in [0, 0.05) is 31.3 Å². The van der Waals surface area contributed by atoms with E-state index in [1.807, 2.05) is 0 Å². The fourth-order valence-corrected chi connectivity index (χ4v) is 4.44. The SMILES string of the molecule is Nc1cc2c(c(S(=O)(=O)N3CC(CO)C3)c1)OCCC2. The van der Waals surface area contributed by atoms with Crippen molar-refractivity contribution in [1.29, 1.82) is 0 Å². The Morgan fingerprint density at radius 1 is 1.40 bits per heavy atom. The topological polar surface area (TPSA) is 92.9 Å². The van der Waals surface area contributed by atoms with E-state index in [0.29, 0.717) is 31.1 Å². The number of aliphatic hydroxyl groups is 1. The number of ether oxygens (including phenoxy) is 1. The van der Waals surface area contributed by atoms with Crippen LogP contribution in [0, 0.1) is 5.92 Å². The summed E-state index contributed by atoms with van der Waals surface area (Å²) in [6.45, 7) is 1.24. The maximum absolute atomic E-state index is 12.6. The Balaban J connectivity index is 1.99. The molecule has 1 aromatic rings. The number of hydrogen-bond acceptors (Lipinski definition) is 5. The normalized spacial score (nSPS) is 20.1. The molecule has 2 aliphatic rings. The summed E-state index contributed by atoms with van der Waals surface area (Å²) in [6.07, 6.45) is 1.65. The highest BCUT2D eigenvalue weighted by molar-refractivity contribution is 7.89. The Bertz CT molecular complexity index is 624. The van der Waals surface area contributed by atoms with E-state index in [1.165, 1.54) is 10.4 Å². The monoisotopic (exact) mass is 298 g/mol. The summed E-state index contributed by atoms with van der Waals surface area (Å²) in [5.74, 6) is 0.473. The fraction of sp³-hybridized carbons (Fsp3) is 0.538. The van der Waals surface area contributed by atoms with Crippen molar-refractivity contribution in [2.75, 3.05) is 32.0 Å². The summed E-state index contributed by atoms with van der Waals surface area (Å²) in [4.78, 5) is 0.156. The van der Waals surface area contributed by atoms with Crippen molar-refractivity contribution in [3.63, 3.8) is 0 Å². The molecular weight excluding hydrogens is 280 g/mol. The summed E-state index contributed by atoms with van der Waals surface area (Å²) >= 11 is 0. The fourth-order valence-electron chi connectivity index (χ4n) is 2.63. The van der Waals surface area contributed by atoms with Crippen LogP contribution in [0.4, 0.5) is 5.69 Å². The molecule has 1 saturated heterocycles. The third-order valence-corrected chi connectivity index (χ3v) is 5.63. The molecular formula is C13H18N2O4S. The Kier molecular flexibility index (Phi) is 3.35. The van der Waals surface area contributed by atoms with Gasteiger partial charge in [-0.25, -0.2) is 8.42 Å². The first-order valence-corrected chi connectivity index (χ1v) is 8.12. The highest BCUT2D eigenvalue weighted by Crippen LogP contribution is 2.37. The number of fused-ring (bicyclic) bond motifs is 1. The van der Waals surface area contributed by atoms with Crippen LogP contribution in [0.15, 0.2) is 17.0 Å². The predicted molar refractivity (Wildman–Crippen MR) is 74.0 cm³/mol. The number of benzene rings is 1. The van der Waals surface area contributed by atoms with E-state index in [2.05, 4.69) is 0 Å². The van der Waals surface area contributed by atoms with Crippen LogP contribution in [0.3, 0.4) is 0 Å². The second-order valence-electron chi connectivity index (χ2n) is 5.33. The number of nitrogens with two attached hydrogens (primary N) is 1. The van der Waals surface area contributed by atoms with E-state index in [-0.39, 0.29) is 17.4 Å². The number of rotatable bonds is 3. The van der Waals surface area contributed by atoms with Crippen molar-refractivity contribution in [2.24, 2.45) is 5.92 Å². The van der Waals surface area contributed by atoms with Gasteiger partial charge in [0.1, 0.15) is 10.6 Å². The molecule has 2 heterocycles. The molecule has 6 nitrogen and oxygen atoms in total. The van der Waals surface area contributed by atoms with Gasteiger partial charge in [-0.15, -0.1) is 0 Å². The lowest BCUT2D eigenvalue weighted by Crippen LogP contribution is -2.51. The third-order valence-electron chi connectivity index (χ3n) is 3.79. The predicted octanol–water partition coefficient (Wildman–Crippen LogP) is 0.207. The lowest BCUT2D eigenvalue weighted by Gasteiger charge is -2.37. The van der Waals surface area contributed by atoms with Gasteiger partial charge in [0.2, 0.25) is 10.0 Å². The van der Waals surface area contributed by atoms with Gasteiger partial charge in [0.15, 0.2) is 0 Å². The molecule has 20 heavy (non-hydrogen) atoms. The summed E-state index contributed by atoms with van der Waals surface area (Å²) in [7, 11) is -3.59. The van der Waals surface area contributed by atoms with Crippen molar-refractivity contribution in [3.8, 4) is 5.75 Å². The number of aliphatic hydroxyl groups excluding tert-OH is 1. The molecule has 7 heteroatoms. The van der Waals surface area contributed by atoms with E-state index in [1.54, 1.807) is 6.07 Å². The summed E-state index contributed by atoms with van der Waals surface area (Å²) < 4.78 is 32.1. The van der Waals surface area contributed by atoms with Crippen LogP contribution in [0.1, 0.15) is 12.0 Å². The molecule has 3 N–H and O–H groups in total. The molecule has 1 aromatic carbocycles. The molecule has 0 spiro atoms. The minimum Gasteiger partial charge on any atom is -0.492 e. The van der Waals surface area contributed by atoms with E-state index < -0.39 is 10.0 Å². The second-order valence-corrected chi connectivity index (χ2v) is 7.24. The first kappa shape index (κ1) is 13.7. The van der Waals surface area contributed by atoms with E-state index in [4.69, 9.17) is 15.6 Å². The van der Waals surface area contributed by atoms with Crippen molar-refractivity contribution in [3.05, 3.63) is 17.7 Å². The highest BCUT2D eigenvalue weighted by Gasteiger charge is 2.38. The molecule has 0 amide bonds. The van der Waals surface area contributed by atoms with Crippen LogP contribution in [0.25, 0.3) is 0 Å². The van der Waals surface area contributed by atoms with E-state index in [0.717, 1.165) is 18.4 Å². The summed E-state index contributed by atoms with van der Waals surface area (Å²) in [6, 6.07) is 3.24. The molecule has 0 atom stereocenters. The Labute approximate surface area is 118 Å². The van der Waals surface area contributed by atoms with Gasteiger partial charge in [0.05, 0.1) is 6.61 Å². The van der Waals surface area contributed by atoms with Gasteiger partial charge in [0.25, 0.3) is 0 Å². The lowest BCUT2D eigenvalue weighted by atomic mass is 10.1. The molecule has 0 bridgehead atoms. The Morgan fingerprint density at radius 2 is 2.15 bits per heavy atom. The standard InChI is InChI=1S/C13H18N2O4S/c14-11-4-10-2-1-3-19-13(10)12(5-11)20(17,18)15-6-9(7-15)8-16/h4-5,9,16H,1-3,6-8,14H2. The maximum Gasteiger partial charge on any atom is 0.246 e. The van der Waals surface area contributed by atoms with Gasteiger partial charge >= 0.3 is 0 Å². The number of nitrogen functional groups attached to an aromatic ring is 1. The molecule has 3 rings (SSSR count). The minimum atomic E-state index is -3.59. The van der Waals surface area contributed by atoms with Crippen LogP contribution in [0.2, 0.25) is 0 Å². The molecule has 0 aliphatic carbocycles. The van der Waals surface area contributed by atoms with E-state index >= 15 is 0 Å². The second kappa shape index (κ2) is 4.91. The number of aryl methyl sites for hydroxylation is 1. The van der Waals surface area contributed by atoms with Crippen LogP contribution in [-0.2, 0) is 16.4 Å². The average molecular weight is 298 g/mol. The molecule has 0 saturated carbocycles. The minimum absolute atomic E-state index is 0.0115. The van der Waals surface area contributed by atoms with Crippen molar-refractivity contribution in [1.82, 2.24) is 4.31 Å². The number of nitrogens with zero attached hydrogens (tertiary/aromatic N) is 1. The zero-order valence-corrected chi connectivity index (χ0v) is 11.9. The van der Waals surface area contributed by atoms with Gasteiger partial charge in [-0.1, -0.05) is 0 Å². The van der Waals surface area contributed by atoms with Gasteiger partial charge in [-0.05, 0) is 30.5 Å². The Morgan fingerprint density at radius 3 is 2.85 bits per heavy atom. The molecule has 1 fully saturated rings. The maximum atomic E-state index is 12.6. The number of anilines is 1. The van der Waals surface area contributed by atoms with Crippen LogP contribution in [0.5, 0.6) is 5.75 Å². The zero-order valence-electron chi connectivity index (χ0n) is 11.1. The first-order chi connectivity index (χ1) is 9.52. The molecule has 0 radical (unpaired) electrons. The van der Waals surface area contributed by atoms with E-state index in [9.17, 15) is 8.42 Å². The smallest absolute Gasteiger partial charge is 0.246 e. The highest BCUT2D eigenvalue weighted by atomic mass is 32.2. The van der Waals surface area contributed by atoms with Crippen LogP contribution in [-0.4, -0.2) is 44.1 Å². The number of hydrogen-bond donors (Lipinski definition) is 2. The summed E-state index contributed by atoms with van der Waals surface area (Å²) in [5, 5.41) is 9.01. The molecule has 0 aromatic heterocycles. The van der Waals surface area contributed by atoms with Crippen molar-refractivity contribution in [2.45, 2.75) is 17.7 Å². The van der Waals surface area contributed by atoms with Gasteiger partial charge < -0.3 is 15.6 Å². The lowest BCUT2D eigenvalue weighted by molar-refractivity contribution is 0.117. The quantitative estimate of drug-likeness (QED) is 0.778.